The Kier molecular flexibility index (Phi) is 2.99. The minimum absolute atomic E-state index is 0.253. The van der Waals surface area contributed by atoms with Crippen molar-refractivity contribution in [3.63, 3.8) is 0 Å². The molecule has 0 atom stereocenters. The predicted molar refractivity (Wildman–Crippen MR) is 77.4 cm³/mol. The van der Waals surface area contributed by atoms with E-state index >= 15 is 0 Å². The lowest BCUT2D eigenvalue weighted by Crippen LogP contribution is -2.11. The number of halogens is 1. The lowest BCUT2D eigenvalue weighted by molar-refractivity contribution is 0.102. The third-order valence-corrected chi connectivity index (χ3v) is 3.15. The summed E-state index contributed by atoms with van der Waals surface area (Å²) in [7, 11) is 0. The van der Waals surface area contributed by atoms with Gasteiger partial charge in [0.05, 0.1) is 5.69 Å². The Morgan fingerprint density at radius 3 is 2.65 bits per heavy atom. The quantitative estimate of drug-likeness (QED) is 0.728. The summed E-state index contributed by atoms with van der Waals surface area (Å²) in [5, 5.41) is 3.81. The van der Waals surface area contributed by atoms with Crippen molar-refractivity contribution in [2.75, 3.05) is 5.32 Å². The third kappa shape index (κ3) is 2.28. The number of fused-ring (bicyclic) bond motifs is 1. The van der Waals surface area contributed by atoms with Crippen LogP contribution in [0.4, 0.5) is 10.1 Å². The number of hydrogen-bond acceptors (Lipinski definition) is 1. The number of anilines is 1. The molecule has 2 N–H and O–H groups in total. The van der Waals surface area contributed by atoms with Crippen molar-refractivity contribution in [1.82, 2.24) is 4.98 Å². The number of carbonyl (C=O) groups excluding carboxylic acids is 1. The molecule has 0 bridgehead atoms. The van der Waals surface area contributed by atoms with E-state index in [9.17, 15) is 9.18 Å². The van der Waals surface area contributed by atoms with Crippen LogP contribution >= 0.6 is 0 Å². The molecular weight excluding hydrogens is 255 g/mol. The average molecular weight is 268 g/mol. The largest absolute Gasteiger partial charge is 0.359 e. The maximum atomic E-state index is 12.9. The molecule has 0 saturated carbocycles. The van der Waals surface area contributed by atoms with Crippen LogP contribution in [0.1, 0.15) is 16.1 Å². The minimum Gasteiger partial charge on any atom is -0.359 e. The molecule has 0 aliphatic heterocycles. The average Bonchev–Trinajstić information content (AvgIpc) is 2.81. The van der Waals surface area contributed by atoms with Gasteiger partial charge >= 0.3 is 0 Å². The van der Waals surface area contributed by atoms with Gasteiger partial charge < -0.3 is 10.3 Å². The summed E-state index contributed by atoms with van der Waals surface area (Å²) in [4.78, 5) is 15.4. The Bertz CT molecular complexity index is 775. The number of aromatic amines is 1. The van der Waals surface area contributed by atoms with Gasteiger partial charge in [-0.05, 0) is 49.4 Å². The van der Waals surface area contributed by atoms with Crippen LogP contribution in [0.5, 0.6) is 0 Å². The first-order valence-electron chi connectivity index (χ1n) is 6.29. The highest BCUT2D eigenvalue weighted by atomic mass is 19.1. The maximum Gasteiger partial charge on any atom is 0.255 e. The van der Waals surface area contributed by atoms with Crippen molar-refractivity contribution >= 4 is 22.5 Å². The van der Waals surface area contributed by atoms with Crippen LogP contribution in [-0.4, -0.2) is 10.9 Å². The zero-order valence-corrected chi connectivity index (χ0v) is 10.9. The standard InChI is InChI=1S/C16H13FN2O/c1-10-9-13-14(18-10)3-2-4-15(13)19-16(20)11-5-7-12(17)8-6-11/h2-9,18H,1H3,(H,19,20). The Morgan fingerprint density at radius 2 is 1.90 bits per heavy atom. The molecular formula is C16H13FN2O. The Balaban J connectivity index is 1.93. The number of rotatable bonds is 2. The van der Waals surface area contributed by atoms with Gasteiger partial charge in [-0.15, -0.1) is 0 Å². The van der Waals surface area contributed by atoms with Gasteiger partial charge in [-0.3, -0.25) is 4.79 Å². The molecule has 0 unspecified atom stereocenters. The van der Waals surface area contributed by atoms with Crippen molar-refractivity contribution in [3.05, 3.63) is 65.6 Å². The summed E-state index contributed by atoms with van der Waals surface area (Å²) >= 11 is 0. The van der Waals surface area contributed by atoms with Crippen LogP contribution in [-0.2, 0) is 0 Å². The molecule has 20 heavy (non-hydrogen) atoms. The molecule has 0 aliphatic carbocycles. The predicted octanol–water partition coefficient (Wildman–Crippen LogP) is 3.87. The van der Waals surface area contributed by atoms with Gasteiger partial charge in [0.25, 0.3) is 5.91 Å². The van der Waals surface area contributed by atoms with Gasteiger partial charge in [0, 0.05) is 22.2 Å². The van der Waals surface area contributed by atoms with E-state index in [4.69, 9.17) is 0 Å². The summed E-state index contributed by atoms with van der Waals surface area (Å²) in [6.07, 6.45) is 0. The lowest BCUT2D eigenvalue weighted by atomic mass is 10.1. The van der Waals surface area contributed by atoms with E-state index in [1.54, 1.807) is 0 Å². The number of nitrogens with one attached hydrogen (secondary N) is 2. The van der Waals surface area contributed by atoms with Gasteiger partial charge in [0.15, 0.2) is 0 Å². The molecule has 0 aliphatic rings. The molecule has 100 valence electrons. The zero-order valence-electron chi connectivity index (χ0n) is 10.9. The van der Waals surface area contributed by atoms with Gasteiger partial charge in [0.2, 0.25) is 0 Å². The molecule has 0 fully saturated rings. The van der Waals surface area contributed by atoms with Crippen molar-refractivity contribution in [3.8, 4) is 0 Å². The second-order valence-corrected chi connectivity index (χ2v) is 4.68. The van der Waals surface area contributed by atoms with Crippen molar-refractivity contribution in [1.29, 1.82) is 0 Å². The normalized spacial score (nSPS) is 10.7. The number of H-pyrrole nitrogens is 1. The number of hydrogen-bond donors (Lipinski definition) is 2. The molecule has 0 saturated heterocycles. The minimum atomic E-state index is -0.357. The fourth-order valence-corrected chi connectivity index (χ4v) is 2.20. The lowest BCUT2D eigenvalue weighted by Gasteiger charge is -2.06. The summed E-state index contributed by atoms with van der Waals surface area (Å²) in [6, 6.07) is 13.1. The fourth-order valence-electron chi connectivity index (χ4n) is 2.20. The molecule has 1 aromatic heterocycles. The van der Waals surface area contributed by atoms with E-state index in [2.05, 4.69) is 10.3 Å². The van der Waals surface area contributed by atoms with Crippen LogP contribution in [0, 0.1) is 12.7 Å². The summed E-state index contributed by atoms with van der Waals surface area (Å²) in [5.74, 6) is -0.610. The van der Waals surface area contributed by atoms with Gasteiger partial charge in [-0.2, -0.15) is 0 Å². The van der Waals surface area contributed by atoms with E-state index in [0.29, 0.717) is 5.56 Å². The first-order chi connectivity index (χ1) is 9.63. The van der Waals surface area contributed by atoms with Crippen LogP contribution in [0.15, 0.2) is 48.5 Å². The van der Waals surface area contributed by atoms with E-state index in [1.807, 2.05) is 31.2 Å². The van der Waals surface area contributed by atoms with E-state index in [1.165, 1.54) is 24.3 Å². The highest BCUT2D eigenvalue weighted by Crippen LogP contribution is 2.24. The molecule has 2 aromatic carbocycles. The summed E-state index contributed by atoms with van der Waals surface area (Å²) < 4.78 is 12.9. The molecule has 0 spiro atoms. The zero-order chi connectivity index (χ0) is 14.1. The molecule has 3 aromatic rings. The molecule has 1 heterocycles. The first kappa shape index (κ1) is 12.4. The van der Waals surface area contributed by atoms with E-state index in [-0.39, 0.29) is 11.7 Å². The van der Waals surface area contributed by atoms with Crippen LogP contribution in [0.25, 0.3) is 10.9 Å². The van der Waals surface area contributed by atoms with Crippen molar-refractivity contribution in [2.45, 2.75) is 6.92 Å². The molecule has 3 rings (SSSR count). The monoisotopic (exact) mass is 268 g/mol. The summed E-state index contributed by atoms with van der Waals surface area (Å²) in [6.45, 7) is 1.96. The molecule has 4 heteroatoms. The smallest absolute Gasteiger partial charge is 0.255 e. The number of amides is 1. The molecule has 0 radical (unpaired) electrons. The highest BCUT2D eigenvalue weighted by molar-refractivity contribution is 6.08. The first-order valence-corrected chi connectivity index (χ1v) is 6.29. The van der Waals surface area contributed by atoms with Gasteiger partial charge in [0.1, 0.15) is 5.82 Å². The maximum absolute atomic E-state index is 12.9. The molecule has 1 amide bonds. The van der Waals surface area contributed by atoms with Crippen molar-refractivity contribution < 1.29 is 9.18 Å². The van der Waals surface area contributed by atoms with Crippen LogP contribution in [0.2, 0.25) is 0 Å². The van der Waals surface area contributed by atoms with E-state index < -0.39 is 0 Å². The number of benzene rings is 2. The number of carbonyl (C=O) groups is 1. The SMILES string of the molecule is Cc1cc2c(NC(=O)c3ccc(F)cc3)cccc2[nH]1. The van der Waals surface area contributed by atoms with Gasteiger partial charge in [-0.1, -0.05) is 6.07 Å². The fraction of sp³-hybridized carbons (Fsp3) is 0.0625. The van der Waals surface area contributed by atoms with Crippen LogP contribution in [0.3, 0.4) is 0 Å². The van der Waals surface area contributed by atoms with E-state index in [0.717, 1.165) is 22.3 Å². The van der Waals surface area contributed by atoms with Crippen LogP contribution < -0.4 is 5.32 Å². The second-order valence-electron chi connectivity index (χ2n) is 4.68. The Labute approximate surface area is 115 Å². The van der Waals surface area contributed by atoms with Crippen molar-refractivity contribution in [2.24, 2.45) is 0 Å². The third-order valence-electron chi connectivity index (χ3n) is 3.15. The second kappa shape index (κ2) is 4.81. The topological polar surface area (TPSA) is 44.9 Å². The Hall–Kier alpha value is -2.62. The van der Waals surface area contributed by atoms with Gasteiger partial charge in [-0.25, -0.2) is 4.39 Å². The number of aryl methyl sites for hydroxylation is 1. The molecule has 3 nitrogen and oxygen atoms in total. The Morgan fingerprint density at radius 1 is 1.15 bits per heavy atom. The highest BCUT2D eigenvalue weighted by Gasteiger charge is 2.09. The number of aromatic nitrogens is 1. The summed E-state index contributed by atoms with van der Waals surface area (Å²) in [5.41, 5.74) is 3.17.